The zero-order chi connectivity index (χ0) is 10.6. The van der Waals surface area contributed by atoms with Crippen LogP contribution in [0, 0.1) is 12.8 Å². The molecule has 0 bridgehead atoms. The van der Waals surface area contributed by atoms with Crippen molar-refractivity contribution < 1.29 is 4.74 Å². The van der Waals surface area contributed by atoms with Crippen LogP contribution in [0.1, 0.15) is 32.2 Å². The lowest BCUT2D eigenvalue weighted by atomic mass is 10.2. The van der Waals surface area contributed by atoms with Crippen molar-refractivity contribution in [2.45, 2.75) is 34.1 Å². The van der Waals surface area contributed by atoms with Crippen LogP contribution >= 0.6 is 0 Å². The zero-order valence-corrected chi connectivity index (χ0v) is 9.37. The summed E-state index contributed by atoms with van der Waals surface area (Å²) >= 11 is 0. The van der Waals surface area contributed by atoms with E-state index in [9.17, 15) is 0 Å². The fourth-order valence-corrected chi connectivity index (χ4v) is 1.11. The maximum absolute atomic E-state index is 5.57. The van der Waals surface area contributed by atoms with E-state index in [1.54, 1.807) is 6.20 Å². The lowest BCUT2D eigenvalue weighted by Crippen LogP contribution is -2.08. The van der Waals surface area contributed by atoms with Gasteiger partial charge in [0.25, 0.3) is 0 Å². The molecule has 0 saturated heterocycles. The molecule has 14 heavy (non-hydrogen) atoms. The molecule has 0 amide bonds. The van der Waals surface area contributed by atoms with Crippen LogP contribution in [0.5, 0.6) is 5.88 Å². The SMILES string of the molecule is CCc1nc(C)cnc1OCC(C)C. The van der Waals surface area contributed by atoms with Gasteiger partial charge in [0, 0.05) is 0 Å². The van der Waals surface area contributed by atoms with Gasteiger partial charge in [0.15, 0.2) is 0 Å². The Hall–Kier alpha value is -1.12. The average Bonchev–Trinajstić information content (AvgIpc) is 2.15. The lowest BCUT2D eigenvalue weighted by molar-refractivity contribution is 0.257. The number of aryl methyl sites for hydroxylation is 2. The third kappa shape index (κ3) is 2.98. The first-order chi connectivity index (χ1) is 6.63. The van der Waals surface area contributed by atoms with E-state index in [0.717, 1.165) is 17.8 Å². The molecule has 0 aliphatic carbocycles. The summed E-state index contributed by atoms with van der Waals surface area (Å²) in [6.07, 6.45) is 2.61. The minimum atomic E-state index is 0.516. The Kier molecular flexibility index (Phi) is 3.86. The molecule has 3 nitrogen and oxygen atoms in total. The smallest absolute Gasteiger partial charge is 0.235 e. The standard InChI is InChI=1S/C11H18N2O/c1-5-10-11(14-7-8(2)3)12-6-9(4)13-10/h6,8H,5,7H2,1-4H3. The molecule has 0 aromatic carbocycles. The Morgan fingerprint density at radius 3 is 2.71 bits per heavy atom. The number of hydrogen-bond donors (Lipinski definition) is 0. The summed E-state index contributed by atoms with van der Waals surface area (Å²) in [6.45, 7) is 8.94. The van der Waals surface area contributed by atoms with E-state index in [1.807, 2.05) is 6.92 Å². The van der Waals surface area contributed by atoms with E-state index >= 15 is 0 Å². The van der Waals surface area contributed by atoms with Gasteiger partial charge in [-0.25, -0.2) is 4.98 Å². The molecule has 0 unspecified atom stereocenters. The number of nitrogens with zero attached hydrogens (tertiary/aromatic N) is 2. The number of aromatic nitrogens is 2. The molecule has 1 aromatic heterocycles. The van der Waals surface area contributed by atoms with E-state index in [0.29, 0.717) is 18.4 Å². The lowest BCUT2D eigenvalue weighted by Gasteiger charge is -2.10. The first kappa shape index (κ1) is 11.0. The first-order valence-corrected chi connectivity index (χ1v) is 5.08. The highest BCUT2D eigenvalue weighted by molar-refractivity contribution is 5.19. The largest absolute Gasteiger partial charge is 0.476 e. The Morgan fingerprint density at radius 2 is 2.14 bits per heavy atom. The van der Waals surface area contributed by atoms with Gasteiger partial charge in [0.2, 0.25) is 5.88 Å². The third-order valence-corrected chi connectivity index (χ3v) is 1.82. The summed E-state index contributed by atoms with van der Waals surface area (Å²) in [5, 5.41) is 0. The molecule has 1 rings (SSSR count). The molecule has 0 saturated carbocycles. The summed E-state index contributed by atoms with van der Waals surface area (Å²) in [5.74, 6) is 1.20. The Balaban J connectivity index is 2.75. The van der Waals surface area contributed by atoms with Crippen molar-refractivity contribution in [3.05, 3.63) is 17.6 Å². The predicted molar refractivity (Wildman–Crippen MR) is 56.5 cm³/mol. The molecule has 1 heterocycles. The highest BCUT2D eigenvalue weighted by Crippen LogP contribution is 2.14. The van der Waals surface area contributed by atoms with Crippen LogP contribution in [0.25, 0.3) is 0 Å². The average molecular weight is 194 g/mol. The van der Waals surface area contributed by atoms with Crippen LogP contribution in [0.2, 0.25) is 0 Å². The van der Waals surface area contributed by atoms with E-state index in [-0.39, 0.29) is 0 Å². The fraction of sp³-hybridized carbons (Fsp3) is 0.636. The third-order valence-electron chi connectivity index (χ3n) is 1.82. The van der Waals surface area contributed by atoms with Gasteiger partial charge in [-0.2, -0.15) is 0 Å². The van der Waals surface area contributed by atoms with Crippen LogP contribution in [0.4, 0.5) is 0 Å². The van der Waals surface area contributed by atoms with Crippen molar-refractivity contribution in [2.24, 2.45) is 5.92 Å². The zero-order valence-electron chi connectivity index (χ0n) is 9.37. The Labute approximate surface area is 85.5 Å². The van der Waals surface area contributed by atoms with Gasteiger partial charge in [-0.15, -0.1) is 0 Å². The van der Waals surface area contributed by atoms with Gasteiger partial charge in [-0.1, -0.05) is 20.8 Å². The summed E-state index contributed by atoms with van der Waals surface area (Å²) < 4.78 is 5.57. The predicted octanol–water partition coefficient (Wildman–Crippen LogP) is 2.38. The fourth-order valence-electron chi connectivity index (χ4n) is 1.11. The van der Waals surface area contributed by atoms with Crippen LogP contribution in [-0.4, -0.2) is 16.6 Å². The topological polar surface area (TPSA) is 35.0 Å². The molecule has 0 atom stereocenters. The van der Waals surface area contributed by atoms with E-state index in [4.69, 9.17) is 4.74 Å². The van der Waals surface area contributed by atoms with Crippen molar-refractivity contribution in [3.8, 4) is 5.88 Å². The molecule has 78 valence electrons. The molecule has 0 aliphatic rings. The maximum atomic E-state index is 5.57. The molecule has 1 aromatic rings. The number of ether oxygens (including phenoxy) is 1. The van der Waals surface area contributed by atoms with Crippen molar-refractivity contribution in [2.75, 3.05) is 6.61 Å². The molecule has 3 heteroatoms. The maximum Gasteiger partial charge on any atom is 0.235 e. The molecule has 0 fully saturated rings. The molecular weight excluding hydrogens is 176 g/mol. The van der Waals surface area contributed by atoms with E-state index in [1.165, 1.54) is 0 Å². The van der Waals surface area contributed by atoms with Gasteiger partial charge in [-0.3, -0.25) is 4.98 Å². The molecule has 0 radical (unpaired) electrons. The van der Waals surface area contributed by atoms with E-state index < -0.39 is 0 Å². The van der Waals surface area contributed by atoms with Crippen LogP contribution in [0.3, 0.4) is 0 Å². The minimum absolute atomic E-state index is 0.516. The molecule has 0 N–H and O–H groups in total. The molecule has 0 spiro atoms. The van der Waals surface area contributed by atoms with Crippen molar-refractivity contribution in [1.29, 1.82) is 0 Å². The van der Waals surface area contributed by atoms with Crippen molar-refractivity contribution in [3.63, 3.8) is 0 Å². The van der Waals surface area contributed by atoms with Gasteiger partial charge in [0.05, 0.1) is 18.5 Å². The second-order valence-electron chi connectivity index (χ2n) is 3.82. The van der Waals surface area contributed by atoms with Crippen LogP contribution in [0.15, 0.2) is 6.20 Å². The monoisotopic (exact) mass is 194 g/mol. The second kappa shape index (κ2) is 4.94. The summed E-state index contributed by atoms with van der Waals surface area (Å²) in [4.78, 5) is 8.62. The number of hydrogen-bond acceptors (Lipinski definition) is 3. The summed E-state index contributed by atoms with van der Waals surface area (Å²) in [7, 11) is 0. The Morgan fingerprint density at radius 1 is 1.43 bits per heavy atom. The van der Waals surface area contributed by atoms with Crippen LogP contribution < -0.4 is 4.74 Å². The second-order valence-corrected chi connectivity index (χ2v) is 3.82. The molecular formula is C11H18N2O. The van der Waals surface area contributed by atoms with Gasteiger partial charge in [0.1, 0.15) is 5.69 Å². The van der Waals surface area contributed by atoms with Gasteiger partial charge in [-0.05, 0) is 19.3 Å². The molecule has 0 aliphatic heterocycles. The van der Waals surface area contributed by atoms with Crippen LogP contribution in [-0.2, 0) is 6.42 Å². The number of rotatable bonds is 4. The minimum Gasteiger partial charge on any atom is -0.476 e. The quantitative estimate of drug-likeness (QED) is 0.738. The normalized spacial score (nSPS) is 10.6. The van der Waals surface area contributed by atoms with Crippen molar-refractivity contribution >= 4 is 0 Å². The van der Waals surface area contributed by atoms with Crippen molar-refractivity contribution in [1.82, 2.24) is 9.97 Å². The Bertz CT molecular complexity index is 297. The van der Waals surface area contributed by atoms with Gasteiger partial charge < -0.3 is 4.74 Å². The van der Waals surface area contributed by atoms with Gasteiger partial charge >= 0.3 is 0 Å². The summed E-state index contributed by atoms with van der Waals surface area (Å²) in [5.41, 5.74) is 1.89. The van der Waals surface area contributed by atoms with E-state index in [2.05, 4.69) is 30.7 Å². The first-order valence-electron chi connectivity index (χ1n) is 5.08. The highest BCUT2D eigenvalue weighted by atomic mass is 16.5. The highest BCUT2D eigenvalue weighted by Gasteiger charge is 2.06. The summed E-state index contributed by atoms with van der Waals surface area (Å²) in [6, 6.07) is 0.